The molecule has 8 heteroatoms. The number of piperidine rings is 1. The average molecular weight is 399 g/mol. The standard InChI is InChI=1S/C17H19ClN2O3S2/c1-12-14(18)6-2-7-15(12)19-17(21)13-5-3-9-20(11-13)25(22,23)16-8-4-10-24-16/h2,4,6-8,10,13H,3,5,9,11H2,1H3,(H,19,21)/t13-/m0/s1. The Balaban J connectivity index is 1.73. The molecule has 0 saturated carbocycles. The summed E-state index contributed by atoms with van der Waals surface area (Å²) in [6.45, 7) is 2.48. The quantitative estimate of drug-likeness (QED) is 0.852. The van der Waals surface area contributed by atoms with E-state index >= 15 is 0 Å². The Morgan fingerprint density at radius 3 is 2.84 bits per heavy atom. The average Bonchev–Trinajstić information content (AvgIpc) is 3.14. The van der Waals surface area contributed by atoms with Gasteiger partial charge in [0.15, 0.2) is 0 Å². The molecule has 1 atom stereocenters. The molecule has 0 radical (unpaired) electrons. The number of carbonyl (C=O) groups excluding carboxylic acids is 1. The van der Waals surface area contributed by atoms with Gasteiger partial charge in [0.1, 0.15) is 4.21 Å². The van der Waals surface area contributed by atoms with Gasteiger partial charge < -0.3 is 5.32 Å². The first-order valence-electron chi connectivity index (χ1n) is 7.99. The minimum atomic E-state index is -3.52. The van der Waals surface area contributed by atoms with Crippen molar-refractivity contribution in [1.82, 2.24) is 4.31 Å². The lowest BCUT2D eigenvalue weighted by atomic mass is 9.98. The first-order chi connectivity index (χ1) is 11.9. The maximum atomic E-state index is 12.7. The fourth-order valence-corrected chi connectivity index (χ4v) is 5.73. The Morgan fingerprint density at radius 1 is 1.32 bits per heavy atom. The summed E-state index contributed by atoms with van der Waals surface area (Å²) in [5, 5.41) is 5.21. The summed E-state index contributed by atoms with van der Waals surface area (Å²) in [7, 11) is -3.52. The summed E-state index contributed by atoms with van der Waals surface area (Å²) in [5.74, 6) is -0.543. The number of rotatable bonds is 4. The van der Waals surface area contributed by atoms with Crippen molar-refractivity contribution in [3.8, 4) is 0 Å². The Labute approximate surface area is 156 Å². The molecule has 1 N–H and O–H groups in total. The number of amides is 1. The molecule has 1 saturated heterocycles. The lowest BCUT2D eigenvalue weighted by Gasteiger charge is -2.31. The van der Waals surface area contributed by atoms with E-state index in [0.717, 1.165) is 5.56 Å². The lowest BCUT2D eigenvalue weighted by molar-refractivity contribution is -0.120. The fourth-order valence-electron chi connectivity index (χ4n) is 2.89. The Hall–Kier alpha value is -1.41. The van der Waals surface area contributed by atoms with Gasteiger partial charge in [-0.3, -0.25) is 4.79 Å². The van der Waals surface area contributed by atoms with Gasteiger partial charge in [-0.05, 0) is 48.9 Å². The number of benzene rings is 1. The molecule has 0 bridgehead atoms. The van der Waals surface area contributed by atoms with E-state index in [1.165, 1.54) is 15.6 Å². The Kier molecular flexibility index (Phi) is 5.48. The predicted molar refractivity (Wildman–Crippen MR) is 101 cm³/mol. The van der Waals surface area contributed by atoms with E-state index in [9.17, 15) is 13.2 Å². The molecule has 25 heavy (non-hydrogen) atoms. The molecule has 2 aromatic rings. The molecule has 0 spiro atoms. The number of hydrogen-bond acceptors (Lipinski definition) is 4. The summed E-state index contributed by atoms with van der Waals surface area (Å²) >= 11 is 7.28. The van der Waals surface area contributed by atoms with Gasteiger partial charge in [0.2, 0.25) is 5.91 Å². The van der Waals surface area contributed by atoms with Crippen LogP contribution < -0.4 is 5.32 Å². The van der Waals surface area contributed by atoms with Gasteiger partial charge in [-0.2, -0.15) is 4.31 Å². The van der Waals surface area contributed by atoms with Crippen molar-refractivity contribution in [3.05, 3.63) is 46.3 Å². The highest BCUT2D eigenvalue weighted by atomic mass is 35.5. The minimum Gasteiger partial charge on any atom is -0.326 e. The van der Waals surface area contributed by atoms with Crippen molar-refractivity contribution < 1.29 is 13.2 Å². The van der Waals surface area contributed by atoms with Gasteiger partial charge >= 0.3 is 0 Å². The largest absolute Gasteiger partial charge is 0.326 e. The highest BCUT2D eigenvalue weighted by Crippen LogP contribution is 2.28. The molecule has 1 aliphatic rings. The van der Waals surface area contributed by atoms with Crippen LogP contribution in [0.5, 0.6) is 0 Å². The van der Waals surface area contributed by atoms with Gasteiger partial charge in [0.05, 0.1) is 5.92 Å². The zero-order chi connectivity index (χ0) is 18.0. The van der Waals surface area contributed by atoms with E-state index in [2.05, 4.69) is 5.32 Å². The number of thiophene rings is 1. The third-order valence-electron chi connectivity index (χ3n) is 4.37. The number of nitrogens with one attached hydrogen (secondary N) is 1. The number of halogens is 1. The zero-order valence-corrected chi connectivity index (χ0v) is 16.1. The smallest absolute Gasteiger partial charge is 0.252 e. The SMILES string of the molecule is Cc1c(Cl)cccc1NC(=O)[C@H]1CCCN(S(=O)(=O)c2cccs2)C1. The van der Waals surface area contributed by atoms with E-state index in [4.69, 9.17) is 11.6 Å². The maximum absolute atomic E-state index is 12.7. The molecule has 1 fully saturated rings. The zero-order valence-electron chi connectivity index (χ0n) is 13.7. The van der Waals surface area contributed by atoms with Crippen LogP contribution in [-0.2, 0) is 14.8 Å². The van der Waals surface area contributed by atoms with Crippen LogP contribution in [0.2, 0.25) is 5.02 Å². The molecular formula is C17H19ClN2O3S2. The summed E-state index contributed by atoms with van der Waals surface area (Å²) < 4.78 is 27.1. The molecule has 2 heterocycles. The Bertz CT molecular complexity index is 866. The number of nitrogens with zero attached hydrogens (tertiary/aromatic N) is 1. The van der Waals surface area contributed by atoms with Crippen molar-refractivity contribution in [1.29, 1.82) is 0 Å². The van der Waals surface area contributed by atoms with Crippen molar-refractivity contribution in [2.75, 3.05) is 18.4 Å². The second-order valence-electron chi connectivity index (χ2n) is 6.04. The first-order valence-corrected chi connectivity index (χ1v) is 10.7. The minimum absolute atomic E-state index is 0.170. The molecule has 1 amide bonds. The number of hydrogen-bond donors (Lipinski definition) is 1. The third kappa shape index (κ3) is 3.89. The highest BCUT2D eigenvalue weighted by molar-refractivity contribution is 7.91. The molecule has 0 unspecified atom stereocenters. The summed E-state index contributed by atoms with van der Waals surface area (Å²) in [6.07, 6.45) is 1.33. The molecule has 0 aliphatic carbocycles. The molecule has 3 rings (SSSR count). The van der Waals surface area contributed by atoms with E-state index in [0.29, 0.717) is 34.3 Å². The van der Waals surface area contributed by atoms with Gasteiger partial charge in [0.25, 0.3) is 10.0 Å². The number of sulfonamides is 1. The number of anilines is 1. The highest BCUT2D eigenvalue weighted by Gasteiger charge is 2.33. The van der Waals surface area contributed by atoms with E-state index in [-0.39, 0.29) is 18.4 Å². The number of carbonyl (C=O) groups is 1. The first kappa shape index (κ1) is 18.4. The predicted octanol–water partition coefficient (Wildman–Crippen LogP) is 3.75. The summed E-state index contributed by atoms with van der Waals surface area (Å²) in [4.78, 5) is 12.6. The van der Waals surface area contributed by atoms with Crippen LogP contribution in [0.4, 0.5) is 5.69 Å². The second kappa shape index (κ2) is 7.45. The maximum Gasteiger partial charge on any atom is 0.252 e. The topological polar surface area (TPSA) is 66.5 Å². The van der Waals surface area contributed by atoms with Crippen LogP contribution in [0.25, 0.3) is 0 Å². The molecule has 1 aromatic carbocycles. The van der Waals surface area contributed by atoms with Crippen LogP contribution in [0.1, 0.15) is 18.4 Å². The van der Waals surface area contributed by atoms with Crippen LogP contribution in [0.15, 0.2) is 39.9 Å². The monoisotopic (exact) mass is 398 g/mol. The molecule has 1 aliphatic heterocycles. The van der Waals surface area contributed by atoms with E-state index in [1.807, 2.05) is 6.92 Å². The fraction of sp³-hybridized carbons (Fsp3) is 0.353. The summed E-state index contributed by atoms with van der Waals surface area (Å²) in [6, 6.07) is 8.65. The van der Waals surface area contributed by atoms with Crippen molar-refractivity contribution in [2.45, 2.75) is 24.0 Å². The van der Waals surface area contributed by atoms with Crippen LogP contribution in [-0.4, -0.2) is 31.7 Å². The molecular weight excluding hydrogens is 380 g/mol. The summed E-state index contributed by atoms with van der Waals surface area (Å²) in [5.41, 5.74) is 1.46. The van der Waals surface area contributed by atoms with Crippen LogP contribution >= 0.6 is 22.9 Å². The Morgan fingerprint density at radius 2 is 2.12 bits per heavy atom. The van der Waals surface area contributed by atoms with Crippen LogP contribution in [0.3, 0.4) is 0 Å². The molecule has 5 nitrogen and oxygen atoms in total. The third-order valence-corrected chi connectivity index (χ3v) is 8.02. The van der Waals surface area contributed by atoms with Gasteiger partial charge in [-0.1, -0.05) is 23.7 Å². The van der Waals surface area contributed by atoms with Crippen molar-refractivity contribution >= 4 is 44.6 Å². The van der Waals surface area contributed by atoms with E-state index in [1.54, 1.807) is 35.7 Å². The molecule has 1 aromatic heterocycles. The van der Waals surface area contributed by atoms with Crippen molar-refractivity contribution in [3.63, 3.8) is 0 Å². The second-order valence-corrected chi connectivity index (χ2v) is 9.56. The van der Waals surface area contributed by atoms with E-state index < -0.39 is 10.0 Å². The van der Waals surface area contributed by atoms with Crippen molar-refractivity contribution in [2.24, 2.45) is 5.92 Å². The van der Waals surface area contributed by atoms with Gasteiger partial charge in [0, 0.05) is 23.8 Å². The van der Waals surface area contributed by atoms with Gasteiger partial charge in [-0.15, -0.1) is 11.3 Å². The van der Waals surface area contributed by atoms with Crippen LogP contribution in [0, 0.1) is 12.8 Å². The normalized spacial score (nSPS) is 18.9. The molecule has 134 valence electrons. The van der Waals surface area contributed by atoms with Gasteiger partial charge in [-0.25, -0.2) is 8.42 Å². The lowest BCUT2D eigenvalue weighted by Crippen LogP contribution is -2.43.